The normalized spacial score (nSPS) is 14.1. The molecule has 0 bridgehead atoms. The molecule has 146 valence electrons. The summed E-state index contributed by atoms with van der Waals surface area (Å²) >= 11 is 0. The fourth-order valence-corrected chi connectivity index (χ4v) is 3.84. The van der Waals surface area contributed by atoms with Gasteiger partial charge in [0, 0.05) is 37.8 Å². The molecule has 1 N–H and O–H groups in total. The van der Waals surface area contributed by atoms with Crippen LogP contribution in [0.2, 0.25) is 0 Å². The molecular weight excluding hydrogens is 366 g/mol. The number of nitrogens with zero attached hydrogens (tertiary/aromatic N) is 4. The van der Waals surface area contributed by atoms with Crippen molar-refractivity contribution < 1.29 is 4.42 Å². The van der Waals surface area contributed by atoms with Crippen LogP contribution in [0, 0.1) is 6.92 Å². The predicted octanol–water partition coefficient (Wildman–Crippen LogP) is 3.08. The summed E-state index contributed by atoms with van der Waals surface area (Å²) in [5.41, 5.74) is 4.50. The second-order valence-corrected chi connectivity index (χ2v) is 7.30. The second-order valence-electron chi connectivity index (χ2n) is 7.30. The van der Waals surface area contributed by atoms with Gasteiger partial charge < -0.3 is 9.40 Å². The summed E-state index contributed by atoms with van der Waals surface area (Å²) < 4.78 is 7.51. The first-order chi connectivity index (χ1) is 14.2. The van der Waals surface area contributed by atoms with E-state index in [1.807, 2.05) is 60.3 Å². The van der Waals surface area contributed by atoms with Crippen LogP contribution in [0.4, 0.5) is 0 Å². The van der Waals surface area contributed by atoms with E-state index in [2.05, 4.69) is 14.9 Å². The Hall–Kier alpha value is -3.45. The monoisotopic (exact) mass is 387 g/mol. The number of aromatic amines is 1. The molecule has 1 aromatic carbocycles. The van der Waals surface area contributed by atoms with Crippen molar-refractivity contribution in [2.24, 2.45) is 0 Å². The molecule has 0 unspecified atom stereocenters. The zero-order valence-electron chi connectivity index (χ0n) is 16.1. The van der Waals surface area contributed by atoms with Crippen LogP contribution in [0.15, 0.2) is 64.1 Å². The van der Waals surface area contributed by atoms with E-state index >= 15 is 0 Å². The molecule has 4 aromatic rings. The number of H-pyrrole nitrogens is 1. The number of aromatic nitrogens is 4. The summed E-state index contributed by atoms with van der Waals surface area (Å²) in [6.45, 7) is 3.92. The SMILES string of the molecule is Cc1nc2c(c(=O)[nH]1)CN(Cc1cn(-c3ccccc3)nc1-c1ccco1)CC2. The number of fused-ring (bicyclic) bond motifs is 1. The van der Waals surface area contributed by atoms with Gasteiger partial charge in [-0.25, -0.2) is 9.67 Å². The fourth-order valence-electron chi connectivity index (χ4n) is 3.84. The van der Waals surface area contributed by atoms with Crippen LogP contribution in [-0.4, -0.2) is 31.2 Å². The molecule has 0 fully saturated rings. The van der Waals surface area contributed by atoms with E-state index in [4.69, 9.17) is 9.52 Å². The Balaban J connectivity index is 1.48. The molecule has 0 saturated carbocycles. The van der Waals surface area contributed by atoms with E-state index in [-0.39, 0.29) is 5.56 Å². The number of hydrogen-bond donors (Lipinski definition) is 1. The number of benzene rings is 1. The molecule has 0 spiro atoms. The number of para-hydroxylation sites is 1. The first-order valence-corrected chi connectivity index (χ1v) is 9.66. The van der Waals surface area contributed by atoms with Crippen LogP contribution in [0.5, 0.6) is 0 Å². The molecule has 1 aliphatic heterocycles. The third kappa shape index (κ3) is 3.40. The van der Waals surface area contributed by atoms with Crippen LogP contribution >= 0.6 is 0 Å². The average molecular weight is 387 g/mol. The highest BCUT2D eigenvalue weighted by Crippen LogP contribution is 2.26. The third-order valence-corrected chi connectivity index (χ3v) is 5.23. The Morgan fingerprint density at radius 3 is 2.83 bits per heavy atom. The Morgan fingerprint density at radius 1 is 1.17 bits per heavy atom. The van der Waals surface area contributed by atoms with E-state index in [0.29, 0.717) is 18.9 Å². The van der Waals surface area contributed by atoms with E-state index in [9.17, 15) is 4.79 Å². The standard InChI is InChI=1S/C22H21N5O2/c1-15-23-19-9-10-26(14-18(19)22(28)24-15)12-16-13-27(17-6-3-2-4-7-17)25-21(16)20-8-5-11-29-20/h2-8,11,13H,9-10,12,14H2,1H3,(H,23,24,28). The minimum absolute atomic E-state index is 0.0385. The second kappa shape index (κ2) is 7.18. The third-order valence-electron chi connectivity index (χ3n) is 5.23. The highest BCUT2D eigenvalue weighted by molar-refractivity contribution is 5.57. The summed E-state index contributed by atoms with van der Waals surface area (Å²) in [5, 5.41) is 4.78. The summed E-state index contributed by atoms with van der Waals surface area (Å²) in [6, 6.07) is 13.8. The van der Waals surface area contributed by atoms with Crippen molar-refractivity contribution in [3.63, 3.8) is 0 Å². The average Bonchev–Trinajstić information content (AvgIpc) is 3.39. The predicted molar refractivity (Wildman–Crippen MR) is 109 cm³/mol. The van der Waals surface area contributed by atoms with E-state index in [0.717, 1.165) is 46.9 Å². The lowest BCUT2D eigenvalue weighted by atomic mass is 10.1. The lowest BCUT2D eigenvalue weighted by molar-refractivity contribution is 0.241. The van der Waals surface area contributed by atoms with Gasteiger partial charge in [0.05, 0.1) is 23.2 Å². The topological polar surface area (TPSA) is 80.0 Å². The number of hydrogen-bond acceptors (Lipinski definition) is 5. The molecule has 0 aliphatic carbocycles. The quantitative estimate of drug-likeness (QED) is 0.582. The van der Waals surface area contributed by atoms with Crippen LogP contribution in [0.1, 0.15) is 22.6 Å². The van der Waals surface area contributed by atoms with Crippen LogP contribution < -0.4 is 5.56 Å². The van der Waals surface area contributed by atoms with Gasteiger partial charge >= 0.3 is 0 Å². The lowest BCUT2D eigenvalue weighted by Crippen LogP contribution is -2.35. The molecule has 0 atom stereocenters. The van der Waals surface area contributed by atoms with Crippen LogP contribution in [-0.2, 0) is 19.5 Å². The molecular formula is C22H21N5O2. The molecule has 0 amide bonds. The van der Waals surface area contributed by atoms with Crippen molar-refractivity contribution in [1.29, 1.82) is 0 Å². The molecule has 7 nitrogen and oxygen atoms in total. The highest BCUT2D eigenvalue weighted by atomic mass is 16.3. The van der Waals surface area contributed by atoms with Crippen molar-refractivity contribution >= 4 is 0 Å². The first kappa shape index (κ1) is 17.6. The highest BCUT2D eigenvalue weighted by Gasteiger charge is 2.23. The Labute approximate surface area is 167 Å². The van der Waals surface area contributed by atoms with Crippen molar-refractivity contribution in [2.45, 2.75) is 26.4 Å². The summed E-state index contributed by atoms with van der Waals surface area (Å²) in [7, 11) is 0. The van der Waals surface area contributed by atoms with Crippen molar-refractivity contribution in [1.82, 2.24) is 24.6 Å². The summed E-state index contributed by atoms with van der Waals surface area (Å²) in [5.74, 6) is 1.41. The van der Waals surface area contributed by atoms with Gasteiger partial charge in [-0.1, -0.05) is 18.2 Å². The number of nitrogens with one attached hydrogen (secondary N) is 1. The van der Waals surface area contributed by atoms with Gasteiger partial charge in [0.25, 0.3) is 5.56 Å². The molecule has 0 radical (unpaired) electrons. The minimum atomic E-state index is -0.0385. The maximum atomic E-state index is 12.4. The molecule has 29 heavy (non-hydrogen) atoms. The number of rotatable bonds is 4. The minimum Gasteiger partial charge on any atom is -0.463 e. The van der Waals surface area contributed by atoms with Gasteiger partial charge in [-0.15, -0.1) is 0 Å². The van der Waals surface area contributed by atoms with Gasteiger partial charge in [-0.3, -0.25) is 9.69 Å². The molecule has 0 saturated heterocycles. The van der Waals surface area contributed by atoms with Crippen molar-refractivity contribution in [3.8, 4) is 17.1 Å². The Bertz CT molecular complexity index is 1190. The zero-order valence-corrected chi connectivity index (χ0v) is 16.1. The summed E-state index contributed by atoms with van der Waals surface area (Å²) in [6.07, 6.45) is 4.47. The van der Waals surface area contributed by atoms with E-state index in [1.54, 1.807) is 6.26 Å². The van der Waals surface area contributed by atoms with Gasteiger partial charge in [-0.05, 0) is 31.2 Å². The molecule has 7 heteroatoms. The van der Waals surface area contributed by atoms with Gasteiger partial charge in [-0.2, -0.15) is 5.10 Å². The molecule has 5 rings (SSSR count). The Kier molecular flexibility index (Phi) is 4.37. The van der Waals surface area contributed by atoms with Gasteiger partial charge in [0.1, 0.15) is 11.5 Å². The molecule has 4 heterocycles. The first-order valence-electron chi connectivity index (χ1n) is 9.66. The number of furan rings is 1. The maximum Gasteiger partial charge on any atom is 0.255 e. The van der Waals surface area contributed by atoms with Crippen LogP contribution in [0.25, 0.3) is 17.1 Å². The smallest absolute Gasteiger partial charge is 0.255 e. The lowest BCUT2D eigenvalue weighted by Gasteiger charge is -2.27. The van der Waals surface area contributed by atoms with Gasteiger partial charge in [0.2, 0.25) is 0 Å². The molecule has 3 aromatic heterocycles. The zero-order chi connectivity index (χ0) is 19.8. The largest absolute Gasteiger partial charge is 0.463 e. The molecule has 1 aliphatic rings. The summed E-state index contributed by atoms with van der Waals surface area (Å²) in [4.78, 5) is 22.0. The fraction of sp³-hybridized carbons (Fsp3) is 0.227. The van der Waals surface area contributed by atoms with E-state index in [1.165, 1.54) is 0 Å². The maximum absolute atomic E-state index is 12.4. The number of aryl methyl sites for hydroxylation is 1. The van der Waals surface area contributed by atoms with Crippen molar-refractivity contribution in [3.05, 3.63) is 87.9 Å². The van der Waals surface area contributed by atoms with Gasteiger partial charge in [0.15, 0.2) is 5.76 Å². The van der Waals surface area contributed by atoms with E-state index < -0.39 is 0 Å². The Morgan fingerprint density at radius 2 is 2.03 bits per heavy atom. The van der Waals surface area contributed by atoms with Crippen LogP contribution in [0.3, 0.4) is 0 Å². The van der Waals surface area contributed by atoms with Crippen molar-refractivity contribution in [2.75, 3.05) is 6.54 Å².